The summed E-state index contributed by atoms with van der Waals surface area (Å²) in [6, 6.07) is 13.2. The van der Waals surface area contributed by atoms with Crippen molar-refractivity contribution in [1.82, 2.24) is 16.0 Å². The van der Waals surface area contributed by atoms with Crippen molar-refractivity contribution in [2.24, 2.45) is 11.7 Å². The van der Waals surface area contributed by atoms with Crippen molar-refractivity contribution in [2.45, 2.75) is 83.5 Å². The van der Waals surface area contributed by atoms with Gasteiger partial charge in [-0.05, 0) is 67.5 Å². The average molecular weight is 527 g/mol. The predicted molar refractivity (Wildman–Crippen MR) is 147 cm³/mol. The molecule has 0 aliphatic heterocycles. The van der Waals surface area contributed by atoms with Crippen LogP contribution in [0.2, 0.25) is 5.02 Å². The molecule has 0 aromatic heterocycles. The van der Waals surface area contributed by atoms with Gasteiger partial charge in [-0.3, -0.25) is 14.4 Å². The van der Waals surface area contributed by atoms with E-state index in [-0.39, 0.29) is 29.7 Å². The molecule has 200 valence electrons. The van der Waals surface area contributed by atoms with Crippen molar-refractivity contribution in [3.63, 3.8) is 0 Å². The quantitative estimate of drug-likeness (QED) is 0.370. The summed E-state index contributed by atoms with van der Waals surface area (Å²) in [5, 5.41) is 9.50. The fraction of sp³-hybridized carbons (Fsp3) is 0.483. The van der Waals surface area contributed by atoms with Crippen LogP contribution in [0.1, 0.15) is 80.3 Å². The van der Waals surface area contributed by atoms with E-state index >= 15 is 0 Å². The maximum Gasteiger partial charge on any atom is 0.251 e. The van der Waals surface area contributed by atoms with Crippen LogP contribution < -0.4 is 21.7 Å². The highest BCUT2D eigenvalue weighted by atomic mass is 35.5. The van der Waals surface area contributed by atoms with Crippen LogP contribution in [0.25, 0.3) is 0 Å². The van der Waals surface area contributed by atoms with E-state index < -0.39 is 18.0 Å². The zero-order valence-corrected chi connectivity index (χ0v) is 22.7. The Morgan fingerprint density at radius 1 is 0.973 bits per heavy atom. The number of rotatable bonds is 10. The monoisotopic (exact) mass is 526 g/mol. The van der Waals surface area contributed by atoms with Crippen LogP contribution in [0.15, 0.2) is 48.5 Å². The number of benzene rings is 2. The molecule has 0 heterocycles. The molecule has 3 amide bonds. The second kappa shape index (κ2) is 13.6. The molecule has 37 heavy (non-hydrogen) atoms. The molecule has 1 saturated carbocycles. The van der Waals surface area contributed by atoms with Crippen molar-refractivity contribution < 1.29 is 14.4 Å². The molecule has 1 fully saturated rings. The number of nitrogens with two attached hydrogens (primary N) is 1. The first-order chi connectivity index (χ1) is 17.7. The summed E-state index contributed by atoms with van der Waals surface area (Å²) in [7, 11) is 0. The zero-order valence-electron chi connectivity index (χ0n) is 21.9. The SMILES string of the molecule is CC(C)C[C@H](NC(=O)[C@H](C)NC(=O)c1ccc(CN)cc1)C(=O)N[C@@H]1CCCCC1c1cccc(Cl)c1. The highest BCUT2D eigenvalue weighted by Crippen LogP contribution is 2.34. The van der Waals surface area contributed by atoms with Gasteiger partial charge in [0.2, 0.25) is 11.8 Å². The van der Waals surface area contributed by atoms with E-state index in [0.29, 0.717) is 23.6 Å². The lowest BCUT2D eigenvalue weighted by Gasteiger charge is -2.34. The minimum atomic E-state index is -0.807. The van der Waals surface area contributed by atoms with Gasteiger partial charge in [-0.25, -0.2) is 0 Å². The third-order valence-electron chi connectivity index (χ3n) is 6.90. The second-order valence-electron chi connectivity index (χ2n) is 10.3. The summed E-state index contributed by atoms with van der Waals surface area (Å²) in [5.74, 6) is -0.588. The van der Waals surface area contributed by atoms with Crippen LogP contribution in [0.5, 0.6) is 0 Å². The van der Waals surface area contributed by atoms with E-state index in [1.807, 2.05) is 32.0 Å². The van der Waals surface area contributed by atoms with Crippen molar-refractivity contribution in [1.29, 1.82) is 0 Å². The van der Waals surface area contributed by atoms with Crippen molar-refractivity contribution in [3.8, 4) is 0 Å². The lowest BCUT2D eigenvalue weighted by atomic mass is 9.80. The lowest BCUT2D eigenvalue weighted by molar-refractivity contribution is -0.130. The lowest BCUT2D eigenvalue weighted by Crippen LogP contribution is -2.55. The number of hydrogen-bond acceptors (Lipinski definition) is 4. The highest BCUT2D eigenvalue weighted by molar-refractivity contribution is 6.30. The fourth-order valence-electron chi connectivity index (χ4n) is 4.86. The molecular formula is C29H39ClN4O3. The molecular weight excluding hydrogens is 488 g/mol. The van der Waals surface area contributed by atoms with Crippen LogP contribution >= 0.6 is 11.6 Å². The van der Waals surface area contributed by atoms with Gasteiger partial charge in [0.15, 0.2) is 0 Å². The Bertz CT molecular complexity index is 1070. The second-order valence-corrected chi connectivity index (χ2v) is 10.8. The minimum Gasteiger partial charge on any atom is -0.351 e. The first kappa shape index (κ1) is 28.7. The summed E-state index contributed by atoms with van der Waals surface area (Å²) >= 11 is 6.23. The van der Waals surface area contributed by atoms with Gasteiger partial charge in [-0.2, -0.15) is 0 Å². The number of carbonyl (C=O) groups is 3. The van der Waals surface area contributed by atoms with Crippen LogP contribution in [-0.2, 0) is 16.1 Å². The third-order valence-corrected chi connectivity index (χ3v) is 7.14. The number of carbonyl (C=O) groups excluding carboxylic acids is 3. The molecule has 7 nitrogen and oxygen atoms in total. The largest absolute Gasteiger partial charge is 0.351 e. The highest BCUT2D eigenvalue weighted by Gasteiger charge is 2.31. The number of nitrogens with one attached hydrogen (secondary N) is 3. The van der Waals surface area contributed by atoms with Crippen LogP contribution in [0.4, 0.5) is 0 Å². The van der Waals surface area contributed by atoms with Gasteiger partial charge in [0.05, 0.1) is 0 Å². The Balaban J connectivity index is 1.64. The third kappa shape index (κ3) is 8.30. The Morgan fingerprint density at radius 2 is 1.68 bits per heavy atom. The molecule has 2 aromatic carbocycles. The molecule has 2 aromatic rings. The number of halogens is 1. The Labute approximate surface area is 224 Å². The maximum atomic E-state index is 13.4. The summed E-state index contributed by atoms with van der Waals surface area (Å²) < 4.78 is 0. The van der Waals surface area contributed by atoms with Gasteiger partial charge < -0.3 is 21.7 Å². The molecule has 3 rings (SSSR count). The predicted octanol–water partition coefficient (Wildman–Crippen LogP) is 4.29. The van der Waals surface area contributed by atoms with E-state index in [1.165, 1.54) is 0 Å². The summed E-state index contributed by atoms with van der Waals surface area (Å²) in [4.78, 5) is 39.0. The average Bonchev–Trinajstić information content (AvgIpc) is 2.88. The van der Waals surface area contributed by atoms with E-state index in [4.69, 9.17) is 17.3 Å². The van der Waals surface area contributed by atoms with Crippen LogP contribution in [0.3, 0.4) is 0 Å². The van der Waals surface area contributed by atoms with E-state index in [2.05, 4.69) is 22.0 Å². The molecule has 0 radical (unpaired) electrons. The number of amides is 3. The normalized spacial score (nSPS) is 19.1. The maximum absolute atomic E-state index is 13.4. The van der Waals surface area contributed by atoms with Crippen LogP contribution in [0, 0.1) is 5.92 Å². The van der Waals surface area contributed by atoms with Gasteiger partial charge in [-0.15, -0.1) is 0 Å². The zero-order chi connectivity index (χ0) is 26.9. The van der Waals surface area contributed by atoms with Gasteiger partial charge in [0.25, 0.3) is 5.91 Å². The summed E-state index contributed by atoms with van der Waals surface area (Å²) in [5.41, 5.74) is 8.09. The first-order valence-corrected chi connectivity index (χ1v) is 13.5. The Morgan fingerprint density at radius 3 is 2.32 bits per heavy atom. The Hall–Kier alpha value is -2.90. The first-order valence-electron chi connectivity index (χ1n) is 13.1. The topological polar surface area (TPSA) is 113 Å². The molecule has 8 heteroatoms. The molecule has 0 saturated heterocycles. The summed E-state index contributed by atoms with van der Waals surface area (Å²) in [6.45, 7) is 6.03. The Kier molecular flexibility index (Phi) is 10.5. The molecule has 1 unspecified atom stereocenters. The smallest absolute Gasteiger partial charge is 0.251 e. The van der Waals surface area contributed by atoms with E-state index in [1.54, 1.807) is 31.2 Å². The van der Waals surface area contributed by atoms with Crippen molar-refractivity contribution in [3.05, 3.63) is 70.2 Å². The van der Waals surface area contributed by atoms with Crippen LogP contribution in [-0.4, -0.2) is 35.8 Å². The molecule has 4 atom stereocenters. The van der Waals surface area contributed by atoms with E-state index in [0.717, 1.165) is 36.8 Å². The standard InChI is InChI=1S/C29H39ClN4O3/c1-18(2)15-26(34-27(35)19(3)32-28(36)21-13-11-20(17-31)12-14-21)29(37)33-25-10-5-4-9-24(25)22-7-6-8-23(30)16-22/h6-8,11-14,16,18-19,24-26H,4-5,9-10,15,17,31H2,1-3H3,(H,32,36)(H,33,37)(H,34,35)/t19-,24?,25+,26-/m0/s1. The van der Waals surface area contributed by atoms with Crippen molar-refractivity contribution in [2.75, 3.05) is 0 Å². The molecule has 1 aliphatic rings. The molecule has 1 aliphatic carbocycles. The molecule has 0 spiro atoms. The van der Waals surface area contributed by atoms with Gasteiger partial charge in [0, 0.05) is 29.1 Å². The molecule has 5 N–H and O–H groups in total. The summed E-state index contributed by atoms with van der Waals surface area (Å²) in [6.07, 6.45) is 4.48. The van der Waals surface area contributed by atoms with E-state index in [9.17, 15) is 14.4 Å². The van der Waals surface area contributed by atoms with Gasteiger partial charge in [0.1, 0.15) is 12.1 Å². The number of hydrogen-bond donors (Lipinski definition) is 4. The van der Waals surface area contributed by atoms with Crippen molar-refractivity contribution >= 4 is 29.3 Å². The van der Waals surface area contributed by atoms with Gasteiger partial charge in [-0.1, -0.05) is 62.6 Å². The molecule has 0 bridgehead atoms. The van der Waals surface area contributed by atoms with Gasteiger partial charge >= 0.3 is 0 Å². The fourth-order valence-corrected chi connectivity index (χ4v) is 5.06. The minimum absolute atomic E-state index is 0.0279.